The minimum Gasteiger partial charge on any atom is -0.480 e. The number of aliphatic carboxylic acids is 1. The second-order valence-corrected chi connectivity index (χ2v) is 7.48. The van der Waals surface area contributed by atoms with E-state index in [1.165, 1.54) is 0 Å². The number of fused-ring (bicyclic) bond motifs is 3. The lowest BCUT2D eigenvalue weighted by atomic mass is 9.98. The molecule has 5 atom stereocenters. The summed E-state index contributed by atoms with van der Waals surface area (Å²) in [6.07, 6.45) is -3.80. The summed E-state index contributed by atoms with van der Waals surface area (Å²) < 4.78 is 29.0. The second kappa shape index (κ2) is 6.99. The number of carboxylic acids is 1. The van der Waals surface area contributed by atoms with Gasteiger partial charge in [-0.2, -0.15) is 0 Å². The third kappa shape index (κ3) is 4.38. The van der Waals surface area contributed by atoms with E-state index in [0.717, 1.165) is 0 Å². The third-order valence-electron chi connectivity index (χ3n) is 4.27. The molecule has 0 aromatic rings. The third-order valence-corrected chi connectivity index (χ3v) is 4.27. The van der Waals surface area contributed by atoms with E-state index in [2.05, 4.69) is 10.6 Å². The van der Waals surface area contributed by atoms with Gasteiger partial charge in [-0.15, -0.1) is 0 Å². The minimum atomic E-state index is -1.18. The Morgan fingerprint density at radius 1 is 0.852 bits per heavy atom. The second-order valence-electron chi connectivity index (χ2n) is 7.48. The van der Waals surface area contributed by atoms with Crippen LogP contribution in [0.3, 0.4) is 0 Å². The Morgan fingerprint density at radius 3 is 2.11 bits per heavy atom. The van der Waals surface area contributed by atoms with Gasteiger partial charge in [0.15, 0.2) is 24.0 Å². The lowest BCUT2D eigenvalue weighted by Gasteiger charge is -2.36. The summed E-state index contributed by atoms with van der Waals surface area (Å²) >= 11 is 0. The van der Waals surface area contributed by atoms with Gasteiger partial charge in [-0.1, -0.05) is 0 Å². The molecule has 152 valence electrons. The Labute approximate surface area is 155 Å². The number of carboxylic acid groups (broad SMARTS) is 1. The number of ether oxygens (including phenoxy) is 5. The van der Waals surface area contributed by atoms with Crippen molar-refractivity contribution < 1.29 is 43.2 Å². The van der Waals surface area contributed by atoms with Crippen molar-refractivity contribution in [2.75, 3.05) is 13.1 Å². The van der Waals surface area contributed by atoms with Gasteiger partial charge in [0.25, 0.3) is 5.91 Å². The quantitative estimate of drug-likeness (QED) is 0.524. The molecule has 0 radical (unpaired) electrons. The molecule has 0 unspecified atom stereocenters. The fraction of sp³-hybridized carbons (Fsp3) is 0.812. The van der Waals surface area contributed by atoms with E-state index in [0.29, 0.717) is 0 Å². The highest BCUT2D eigenvalue weighted by Gasteiger charge is 2.62. The number of hydrogen-bond acceptors (Lipinski definition) is 8. The molecule has 0 spiro atoms. The zero-order valence-corrected chi connectivity index (χ0v) is 15.5. The molecule has 0 aromatic carbocycles. The Balaban J connectivity index is 1.66. The molecule has 3 aliphatic heterocycles. The molecule has 0 aromatic heterocycles. The van der Waals surface area contributed by atoms with Crippen LogP contribution in [0.25, 0.3) is 0 Å². The highest BCUT2D eigenvalue weighted by Crippen LogP contribution is 2.44. The lowest BCUT2D eigenvalue weighted by molar-refractivity contribution is -0.231. The summed E-state index contributed by atoms with van der Waals surface area (Å²) in [5.74, 6) is -4.26. The molecule has 3 heterocycles. The Bertz CT molecular complexity index is 635. The molecule has 3 fully saturated rings. The van der Waals surface area contributed by atoms with Crippen LogP contribution < -0.4 is 10.6 Å². The van der Waals surface area contributed by atoms with Gasteiger partial charge < -0.3 is 39.4 Å². The number of nitrogens with one attached hydrogen (secondary N) is 2. The maximum atomic E-state index is 12.6. The molecule has 2 amide bonds. The number of carbonyl (C=O) groups is 3. The summed E-state index contributed by atoms with van der Waals surface area (Å²) in [7, 11) is 0. The number of rotatable bonds is 5. The van der Waals surface area contributed by atoms with E-state index >= 15 is 0 Å². The first-order chi connectivity index (χ1) is 12.5. The number of carbonyl (C=O) groups excluding carboxylic acids is 2. The first kappa shape index (κ1) is 20.0. The summed E-state index contributed by atoms with van der Waals surface area (Å²) in [6, 6.07) is 0. The van der Waals surface area contributed by atoms with Gasteiger partial charge in [0, 0.05) is 0 Å². The molecular weight excluding hydrogens is 364 g/mol. The Morgan fingerprint density at radius 2 is 1.44 bits per heavy atom. The molecular formula is C16H24N2O9. The van der Waals surface area contributed by atoms with Crippen molar-refractivity contribution in [2.24, 2.45) is 0 Å². The zero-order chi connectivity index (χ0) is 20.0. The van der Waals surface area contributed by atoms with Gasteiger partial charge >= 0.3 is 5.97 Å². The number of amides is 2. The van der Waals surface area contributed by atoms with E-state index in [4.69, 9.17) is 28.8 Å². The van der Waals surface area contributed by atoms with Crippen molar-refractivity contribution in [3.8, 4) is 0 Å². The highest BCUT2D eigenvalue weighted by atomic mass is 16.9. The van der Waals surface area contributed by atoms with E-state index in [1.807, 2.05) is 0 Å². The lowest BCUT2D eigenvalue weighted by Crippen LogP contribution is -2.60. The first-order valence-corrected chi connectivity index (χ1v) is 8.60. The topological polar surface area (TPSA) is 142 Å². The molecule has 11 nitrogen and oxygen atoms in total. The predicted octanol–water partition coefficient (Wildman–Crippen LogP) is -1.30. The van der Waals surface area contributed by atoms with Crippen LogP contribution >= 0.6 is 0 Å². The van der Waals surface area contributed by atoms with Gasteiger partial charge in [-0.3, -0.25) is 14.4 Å². The van der Waals surface area contributed by atoms with Gasteiger partial charge in [-0.25, -0.2) is 0 Å². The highest BCUT2D eigenvalue weighted by molar-refractivity contribution is 5.88. The zero-order valence-electron chi connectivity index (χ0n) is 15.5. The van der Waals surface area contributed by atoms with Crippen molar-refractivity contribution in [3.05, 3.63) is 0 Å². The average molecular weight is 388 g/mol. The normalized spacial score (nSPS) is 35.8. The predicted molar refractivity (Wildman–Crippen MR) is 86.2 cm³/mol. The molecule has 3 N–H and O–H groups in total. The average Bonchev–Trinajstić information content (AvgIpc) is 3.03. The van der Waals surface area contributed by atoms with E-state index in [9.17, 15) is 14.4 Å². The van der Waals surface area contributed by atoms with Crippen LogP contribution in [-0.4, -0.2) is 78.3 Å². The molecule has 0 aliphatic carbocycles. The molecule has 0 bridgehead atoms. The fourth-order valence-electron chi connectivity index (χ4n) is 3.33. The van der Waals surface area contributed by atoms with E-state index in [-0.39, 0.29) is 0 Å². The maximum Gasteiger partial charge on any atom is 0.322 e. The molecule has 3 rings (SSSR count). The van der Waals surface area contributed by atoms with Crippen LogP contribution in [0.1, 0.15) is 27.7 Å². The maximum absolute atomic E-state index is 12.6. The fourth-order valence-corrected chi connectivity index (χ4v) is 3.33. The van der Waals surface area contributed by atoms with Gasteiger partial charge in [0.2, 0.25) is 5.91 Å². The Kier molecular flexibility index (Phi) is 5.16. The molecule has 3 saturated heterocycles. The van der Waals surface area contributed by atoms with Crippen molar-refractivity contribution in [1.82, 2.24) is 10.6 Å². The molecule has 3 aliphatic rings. The molecule has 0 saturated carbocycles. The van der Waals surface area contributed by atoms with Gasteiger partial charge in [0.05, 0.1) is 6.54 Å². The van der Waals surface area contributed by atoms with Crippen molar-refractivity contribution >= 4 is 17.8 Å². The van der Waals surface area contributed by atoms with E-state index < -0.39 is 73.2 Å². The van der Waals surface area contributed by atoms with Crippen molar-refractivity contribution in [2.45, 2.75) is 70.0 Å². The Hall–Kier alpha value is -1.79. The van der Waals surface area contributed by atoms with Crippen LogP contribution in [-0.2, 0) is 38.1 Å². The van der Waals surface area contributed by atoms with Crippen LogP contribution in [0.2, 0.25) is 0 Å². The molecule has 27 heavy (non-hydrogen) atoms. The first-order valence-electron chi connectivity index (χ1n) is 8.60. The van der Waals surface area contributed by atoms with Gasteiger partial charge in [-0.05, 0) is 27.7 Å². The van der Waals surface area contributed by atoms with Crippen molar-refractivity contribution in [3.63, 3.8) is 0 Å². The van der Waals surface area contributed by atoms with Crippen LogP contribution in [0.15, 0.2) is 0 Å². The summed E-state index contributed by atoms with van der Waals surface area (Å²) in [6.45, 7) is 5.96. The van der Waals surface area contributed by atoms with Gasteiger partial charge in [0.1, 0.15) is 24.9 Å². The van der Waals surface area contributed by atoms with Crippen LogP contribution in [0, 0.1) is 0 Å². The van der Waals surface area contributed by atoms with Crippen LogP contribution in [0.5, 0.6) is 0 Å². The number of hydrogen-bond donors (Lipinski definition) is 3. The van der Waals surface area contributed by atoms with Crippen LogP contribution in [0.4, 0.5) is 0 Å². The smallest absolute Gasteiger partial charge is 0.322 e. The van der Waals surface area contributed by atoms with E-state index in [1.54, 1.807) is 27.7 Å². The SMILES string of the molecule is CC1(C)O[C@@H]2O[C@H](C(=O)NCC(=O)NCC(=O)O)[C@@H]3OC(C)(C)O[C@@H]3[C@@H]2O1. The largest absolute Gasteiger partial charge is 0.480 e. The standard InChI is InChI=1S/C16H24N2O9/c1-15(2)24-9-10(25-15)12-14(27-16(3,4)26-12)23-11(9)13(22)18-5-7(19)17-6-8(20)21/h9-12,14H,5-6H2,1-4H3,(H,17,19)(H,18,22)(H,20,21)/t9-,10+,11+,12+,14+/m1/s1. The molecule has 11 heteroatoms. The summed E-state index contributed by atoms with van der Waals surface area (Å²) in [5, 5.41) is 13.1. The summed E-state index contributed by atoms with van der Waals surface area (Å²) in [5.41, 5.74) is 0. The van der Waals surface area contributed by atoms with Crippen molar-refractivity contribution in [1.29, 1.82) is 0 Å². The summed E-state index contributed by atoms with van der Waals surface area (Å²) in [4.78, 5) is 34.6. The monoisotopic (exact) mass is 388 g/mol. The minimum absolute atomic E-state index is 0.398.